The Labute approximate surface area is 186 Å². The lowest BCUT2D eigenvalue weighted by Crippen LogP contribution is -1.97. The third-order valence-corrected chi connectivity index (χ3v) is 6.30. The van der Waals surface area contributed by atoms with Crippen LogP contribution in [0.1, 0.15) is 15.9 Å². The number of halogens is 2. The van der Waals surface area contributed by atoms with Crippen LogP contribution in [0.25, 0.3) is 20.7 Å². The number of aromatic nitrogens is 1. The Morgan fingerprint density at radius 2 is 2.00 bits per heavy atom. The number of methoxy groups -OCH3 is 1. The van der Waals surface area contributed by atoms with Gasteiger partial charge in [-0.1, -0.05) is 47.5 Å². The number of hydrogen-bond acceptors (Lipinski definition) is 6. The van der Waals surface area contributed by atoms with Crippen LogP contribution in [0.5, 0.6) is 5.75 Å². The highest BCUT2D eigenvalue weighted by Crippen LogP contribution is 2.42. The lowest BCUT2D eigenvalue weighted by atomic mass is 10.1. The van der Waals surface area contributed by atoms with Crippen LogP contribution in [0.2, 0.25) is 10.0 Å². The number of aldehydes is 1. The van der Waals surface area contributed by atoms with E-state index in [0.29, 0.717) is 43.8 Å². The van der Waals surface area contributed by atoms with Gasteiger partial charge in [0.2, 0.25) is 0 Å². The molecule has 0 aliphatic carbocycles. The van der Waals surface area contributed by atoms with Gasteiger partial charge in [0.1, 0.15) is 11.8 Å². The molecule has 148 valence electrons. The highest BCUT2D eigenvalue weighted by atomic mass is 35.5. The van der Waals surface area contributed by atoms with Crippen molar-refractivity contribution in [3.05, 3.63) is 69.8 Å². The van der Waals surface area contributed by atoms with E-state index in [1.165, 1.54) is 24.6 Å². The zero-order valence-corrected chi connectivity index (χ0v) is 17.9. The molecule has 0 saturated heterocycles. The quantitative estimate of drug-likeness (QED) is 0.340. The van der Waals surface area contributed by atoms with Crippen molar-refractivity contribution in [1.82, 2.24) is 4.98 Å². The number of anilines is 2. The normalized spacial score (nSPS) is 10.6. The number of thiophene rings is 1. The summed E-state index contributed by atoms with van der Waals surface area (Å²) in [6, 6.07) is 14.7. The van der Waals surface area contributed by atoms with E-state index in [0.717, 1.165) is 21.4 Å². The number of nitrogens with zero attached hydrogens (tertiary/aromatic N) is 2. The Balaban J connectivity index is 1.89. The van der Waals surface area contributed by atoms with Crippen LogP contribution in [-0.2, 0) is 0 Å². The summed E-state index contributed by atoms with van der Waals surface area (Å²) in [5.74, 6) is 0.458. The van der Waals surface area contributed by atoms with Gasteiger partial charge < -0.3 is 10.1 Å². The van der Waals surface area contributed by atoms with Crippen LogP contribution >= 0.6 is 34.5 Å². The van der Waals surface area contributed by atoms with Crippen LogP contribution in [-0.4, -0.2) is 18.4 Å². The van der Waals surface area contributed by atoms with E-state index >= 15 is 0 Å². The van der Waals surface area contributed by atoms with Crippen molar-refractivity contribution in [1.29, 1.82) is 5.26 Å². The molecule has 0 radical (unpaired) electrons. The largest absolute Gasteiger partial charge is 0.495 e. The van der Waals surface area contributed by atoms with E-state index in [4.69, 9.17) is 27.9 Å². The minimum absolute atomic E-state index is 0.365. The Bertz CT molecular complexity index is 1330. The fourth-order valence-electron chi connectivity index (χ4n) is 3.06. The van der Waals surface area contributed by atoms with Crippen molar-refractivity contribution in [2.45, 2.75) is 0 Å². The molecule has 0 spiro atoms. The molecule has 0 aliphatic heterocycles. The number of hydrogen-bond donors (Lipinski definition) is 1. The van der Waals surface area contributed by atoms with Gasteiger partial charge in [0.15, 0.2) is 6.29 Å². The number of nitriles is 1. The van der Waals surface area contributed by atoms with E-state index in [1.54, 1.807) is 18.2 Å². The Morgan fingerprint density at radius 3 is 2.73 bits per heavy atom. The average Bonchev–Trinajstić information content (AvgIpc) is 3.20. The molecule has 0 bridgehead atoms. The first-order valence-corrected chi connectivity index (χ1v) is 10.3. The number of benzene rings is 2. The number of carbonyl (C=O) groups is 1. The highest BCUT2D eigenvalue weighted by Gasteiger charge is 2.17. The number of nitrogens with one attached hydrogen (secondary N) is 1. The molecule has 0 aliphatic rings. The first-order chi connectivity index (χ1) is 14.5. The molecule has 2 heterocycles. The maximum Gasteiger partial charge on any atom is 0.150 e. The van der Waals surface area contributed by atoms with Crippen molar-refractivity contribution in [3.8, 4) is 22.3 Å². The second-order valence-electron chi connectivity index (χ2n) is 6.28. The van der Waals surface area contributed by atoms with Gasteiger partial charge in [0, 0.05) is 28.3 Å². The molecule has 0 fully saturated rings. The first kappa shape index (κ1) is 20.2. The fourth-order valence-corrected chi connectivity index (χ4v) is 4.73. The molecule has 2 aromatic carbocycles. The summed E-state index contributed by atoms with van der Waals surface area (Å²) in [7, 11) is 1.51. The predicted octanol–water partition coefficient (Wildman–Crippen LogP) is 6.71. The summed E-state index contributed by atoms with van der Waals surface area (Å²) in [5, 5.41) is 13.6. The third kappa shape index (κ3) is 3.59. The summed E-state index contributed by atoms with van der Waals surface area (Å²) < 4.78 is 6.04. The predicted molar refractivity (Wildman–Crippen MR) is 121 cm³/mol. The van der Waals surface area contributed by atoms with Crippen LogP contribution < -0.4 is 10.1 Å². The zero-order valence-electron chi connectivity index (χ0n) is 15.6. The van der Waals surface area contributed by atoms with Gasteiger partial charge in [-0.2, -0.15) is 5.26 Å². The summed E-state index contributed by atoms with van der Waals surface area (Å²) >= 11 is 13.9. The van der Waals surface area contributed by atoms with Crippen molar-refractivity contribution in [2.24, 2.45) is 0 Å². The van der Waals surface area contributed by atoms with Gasteiger partial charge in [-0.3, -0.25) is 9.78 Å². The van der Waals surface area contributed by atoms with Crippen LogP contribution in [0.3, 0.4) is 0 Å². The second-order valence-corrected chi connectivity index (χ2v) is 8.15. The van der Waals surface area contributed by atoms with Gasteiger partial charge >= 0.3 is 0 Å². The van der Waals surface area contributed by atoms with Gasteiger partial charge in [0.25, 0.3) is 0 Å². The number of carbonyl (C=O) groups excluding carboxylic acids is 1. The van der Waals surface area contributed by atoms with Gasteiger partial charge in [-0.15, -0.1) is 11.3 Å². The van der Waals surface area contributed by atoms with Gasteiger partial charge in [-0.05, 0) is 12.1 Å². The van der Waals surface area contributed by atoms with E-state index in [9.17, 15) is 10.1 Å². The molecule has 5 nitrogen and oxygen atoms in total. The minimum atomic E-state index is 0.365. The minimum Gasteiger partial charge on any atom is -0.495 e. The maximum absolute atomic E-state index is 11.4. The van der Waals surface area contributed by atoms with Crippen molar-refractivity contribution < 1.29 is 9.53 Å². The summed E-state index contributed by atoms with van der Waals surface area (Å²) in [5.41, 5.74) is 3.59. The molecule has 0 amide bonds. The molecule has 1 N–H and O–H groups in total. The Hall–Kier alpha value is -3.11. The fraction of sp³-hybridized carbons (Fsp3) is 0.0455. The molecule has 0 unspecified atom stereocenters. The highest BCUT2D eigenvalue weighted by molar-refractivity contribution is 7.22. The van der Waals surface area contributed by atoms with E-state index in [2.05, 4.69) is 16.4 Å². The van der Waals surface area contributed by atoms with Crippen LogP contribution in [0.15, 0.2) is 48.7 Å². The molecule has 30 heavy (non-hydrogen) atoms. The molecule has 0 saturated carbocycles. The molecule has 8 heteroatoms. The summed E-state index contributed by atoms with van der Waals surface area (Å²) in [6.07, 6.45) is 2.33. The van der Waals surface area contributed by atoms with E-state index < -0.39 is 0 Å². The zero-order chi connectivity index (χ0) is 21.3. The molecular formula is C22H13Cl2N3O2S. The smallest absolute Gasteiger partial charge is 0.150 e. The van der Waals surface area contributed by atoms with Gasteiger partial charge in [0.05, 0.1) is 44.3 Å². The van der Waals surface area contributed by atoms with E-state index in [1.807, 2.05) is 24.3 Å². The molecular weight excluding hydrogens is 441 g/mol. The topological polar surface area (TPSA) is 75.0 Å². The Kier molecular flexibility index (Phi) is 5.60. The number of fused-ring (bicyclic) bond motifs is 1. The summed E-state index contributed by atoms with van der Waals surface area (Å²) in [4.78, 5) is 16.7. The van der Waals surface area contributed by atoms with Crippen molar-refractivity contribution in [2.75, 3.05) is 12.4 Å². The SMILES string of the molecule is COc1cc(Nc2c(C#N)cnc3cc(-c4ccccc4C=O)sc23)c(Cl)cc1Cl. The molecule has 4 aromatic rings. The third-order valence-electron chi connectivity index (χ3n) is 4.52. The molecule has 0 atom stereocenters. The number of pyridine rings is 1. The second kappa shape index (κ2) is 8.33. The lowest BCUT2D eigenvalue weighted by Gasteiger charge is -2.13. The van der Waals surface area contributed by atoms with Crippen molar-refractivity contribution in [3.63, 3.8) is 0 Å². The van der Waals surface area contributed by atoms with Crippen molar-refractivity contribution >= 4 is 62.4 Å². The number of ether oxygens (including phenoxy) is 1. The standard InChI is InChI=1S/C22H13Cl2N3O2S/c1-29-19-7-17(15(23)6-16(19)24)27-21-13(9-25)10-26-18-8-20(30-22(18)21)14-5-3-2-4-12(14)11-28/h2-8,10-11H,1H3,(H,26,27). The number of rotatable bonds is 5. The average molecular weight is 454 g/mol. The lowest BCUT2D eigenvalue weighted by molar-refractivity contribution is 0.112. The molecule has 2 aromatic heterocycles. The molecule has 4 rings (SSSR count). The van der Waals surface area contributed by atoms with Crippen LogP contribution in [0, 0.1) is 11.3 Å². The summed E-state index contributed by atoms with van der Waals surface area (Å²) in [6.45, 7) is 0. The first-order valence-electron chi connectivity index (χ1n) is 8.73. The maximum atomic E-state index is 11.4. The van der Waals surface area contributed by atoms with E-state index in [-0.39, 0.29) is 0 Å². The van der Waals surface area contributed by atoms with Crippen LogP contribution in [0.4, 0.5) is 11.4 Å². The van der Waals surface area contributed by atoms with Gasteiger partial charge in [-0.25, -0.2) is 0 Å². The monoisotopic (exact) mass is 453 g/mol. The Morgan fingerprint density at radius 1 is 1.20 bits per heavy atom.